The van der Waals surface area contributed by atoms with Crippen LogP contribution in [-0.2, 0) is 37.4 Å². The third kappa shape index (κ3) is 4.68. The number of likely N-dealkylation sites (N-methyl/N-ethyl adjacent to an activating group) is 1. The van der Waals surface area contributed by atoms with Gasteiger partial charge < -0.3 is 14.4 Å². The van der Waals surface area contributed by atoms with Crippen molar-refractivity contribution in [1.82, 2.24) is 9.44 Å². The van der Waals surface area contributed by atoms with Crippen molar-refractivity contribution in [2.75, 3.05) is 16.8 Å². The molecule has 2 fully saturated rings. The van der Waals surface area contributed by atoms with Crippen LogP contribution < -0.4 is 19.2 Å². The molecule has 5 aliphatic rings. The van der Waals surface area contributed by atoms with Gasteiger partial charge in [-0.25, -0.2) is 4.79 Å². The van der Waals surface area contributed by atoms with Gasteiger partial charge >= 0.3 is 6.09 Å². The molecule has 3 aromatic carbocycles. The molecule has 0 bridgehead atoms. The number of carbonyl (C=O) groups excluding carboxylic acids is 1. The highest BCUT2D eigenvalue weighted by molar-refractivity contribution is 7.87. The van der Waals surface area contributed by atoms with Crippen LogP contribution in [0, 0.1) is 11.3 Å². The van der Waals surface area contributed by atoms with E-state index in [-0.39, 0.29) is 24.2 Å². The number of fused-ring (bicyclic) bond motifs is 3. The lowest BCUT2D eigenvalue weighted by molar-refractivity contribution is 0.143. The van der Waals surface area contributed by atoms with Gasteiger partial charge in [0.1, 0.15) is 12.6 Å². The molecule has 8 rings (SSSR count). The van der Waals surface area contributed by atoms with Crippen molar-refractivity contribution in [3.05, 3.63) is 95.1 Å². The summed E-state index contributed by atoms with van der Waals surface area (Å²) in [6.45, 7) is 4.30. The molecule has 11 heteroatoms. The van der Waals surface area contributed by atoms with Gasteiger partial charge in [-0.3, -0.25) is 4.90 Å². The van der Waals surface area contributed by atoms with Gasteiger partial charge in [0.2, 0.25) is 0 Å². The Morgan fingerprint density at radius 2 is 1.62 bits per heavy atom. The predicted molar refractivity (Wildman–Crippen MR) is 182 cm³/mol. The van der Waals surface area contributed by atoms with E-state index in [9.17, 15) is 18.5 Å². The lowest BCUT2D eigenvalue weighted by Crippen LogP contribution is -2.61. The minimum Gasteiger partial charge on any atom is -0.444 e. The highest BCUT2D eigenvalue weighted by atomic mass is 32.2. The molecule has 1 saturated heterocycles. The summed E-state index contributed by atoms with van der Waals surface area (Å²) in [4.78, 5) is 17.3. The zero-order valence-electron chi connectivity index (χ0n) is 27.5. The van der Waals surface area contributed by atoms with E-state index in [0.717, 1.165) is 47.2 Å². The van der Waals surface area contributed by atoms with E-state index in [1.165, 1.54) is 0 Å². The molecule has 0 radical (unpaired) electrons. The van der Waals surface area contributed by atoms with Gasteiger partial charge in [0, 0.05) is 24.2 Å². The molecule has 250 valence electrons. The maximum atomic E-state index is 14.7. The van der Waals surface area contributed by atoms with Gasteiger partial charge in [-0.1, -0.05) is 67.1 Å². The standard InChI is InChI=1S/C37H41N5O5S/c1-35(2)33(47-35)26-15-10-21-37(31(22-38)41(3)29-18-9-14-25(26)32(29)37)40-48(44,45)39-36-20-11-19-30(36)42(28-17-8-7-16-27(28)36)34(43)46-23-24-12-5-4-6-13-24/h4-9,12-14,16-18,26,30-31,33,39-40H,10-11,15,19-21,23H2,1-3H3/t26-,30+,31+,33+,36-,37+/m0/s1. The maximum absolute atomic E-state index is 14.7. The molecule has 3 aliphatic heterocycles. The second-order valence-electron chi connectivity index (χ2n) is 14.5. The zero-order chi connectivity index (χ0) is 33.5. The third-order valence-corrected chi connectivity index (χ3v) is 12.7. The number of amides is 1. The van der Waals surface area contributed by atoms with Gasteiger partial charge in [0.15, 0.2) is 0 Å². The lowest BCUT2D eigenvalue weighted by atomic mass is 9.80. The molecule has 0 aromatic heterocycles. The SMILES string of the molecule is CN1c2cccc3c2[C@@](NS(=O)(=O)N[C@]24CCC[C@H]2N(C(=O)OCc2ccccc2)c2ccccc24)(CCC[C@@H]3[C@H]2OC2(C)C)[C@H]1C#N. The molecule has 0 unspecified atom stereocenters. The summed E-state index contributed by atoms with van der Waals surface area (Å²) in [5, 5.41) is 10.6. The second kappa shape index (κ2) is 11.0. The Labute approximate surface area is 282 Å². The number of benzene rings is 3. The molecule has 1 saturated carbocycles. The van der Waals surface area contributed by atoms with E-state index in [2.05, 4.69) is 35.4 Å². The summed E-state index contributed by atoms with van der Waals surface area (Å²) in [6.07, 6.45) is 3.40. The van der Waals surface area contributed by atoms with Crippen LogP contribution >= 0.6 is 0 Å². The number of hydrogen-bond acceptors (Lipinski definition) is 7. The average Bonchev–Trinajstić information content (AvgIpc) is 3.31. The van der Waals surface area contributed by atoms with Crippen molar-refractivity contribution in [2.24, 2.45) is 0 Å². The van der Waals surface area contributed by atoms with Crippen molar-refractivity contribution in [2.45, 2.75) is 99.8 Å². The predicted octanol–water partition coefficient (Wildman–Crippen LogP) is 5.70. The number of para-hydroxylation sites is 1. The Morgan fingerprint density at radius 3 is 2.38 bits per heavy atom. The van der Waals surface area contributed by atoms with Crippen LogP contribution in [0.2, 0.25) is 0 Å². The number of carbonyl (C=O) groups is 1. The Kier molecular flexibility index (Phi) is 7.20. The molecule has 48 heavy (non-hydrogen) atoms. The van der Waals surface area contributed by atoms with Crippen LogP contribution in [0.15, 0.2) is 72.8 Å². The minimum atomic E-state index is -4.27. The van der Waals surface area contributed by atoms with Crippen LogP contribution in [0.4, 0.5) is 16.2 Å². The summed E-state index contributed by atoms with van der Waals surface area (Å²) in [5.74, 6) is 0.0927. The first-order chi connectivity index (χ1) is 23.0. The lowest BCUT2D eigenvalue weighted by Gasteiger charge is -2.38. The van der Waals surface area contributed by atoms with E-state index >= 15 is 0 Å². The van der Waals surface area contributed by atoms with Gasteiger partial charge in [-0.05, 0) is 74.8 Å². The molecule has 1 amide bonds. The first kappa shape index (κ1) is 31.3. The van der Waals surface area contributed by atoms with E-state index in [0.29, 0.717) is 24.9 Å². The highest BCUT2D eigenvalue weighted by Gasteiger charge is 2.61. The molecule has 0 spiro atoms. The maximum Gasteiger partial charge on any atom is 0.414 e. The quantitative estimate of drug-likeness (QED) is 0.310. The topological polar surface area (TPSA) is 127 Å². The monoisotopic (exact) mass is 667 g/mol. The molecule has 2 aliphatic carbocycles. The van der Waals surface area contributed by atoms with Crippen LogP contribution in [0.25, 0.3) is 0 Å². The van der Waals surface area contributed by atoms with Crippen LogP contribution in [0.3, 0.4) is 0 Å². The largest absolute Gasteiger partial charge is 0.444 e. The second-order valence-corrected chi connectivity index (χ2v) is 15.9. The summed E-state index contributed by atoms with van der Waals surface area (Å²) in [5.41, 5.74) is 2.57. The molecule has 2 N–H and O–H groups in total. The van der Waals surface area contributed by atoms with E-state index < -0.39 is 39.5 Å². The van der Waals surface area contributed by atoms with Crippen molar-refractivity contribution in [1.29, 1.82) is 5.26 Å². The summed E-state index contributed by atoms with van der Waals surface area (Å²) in [6, 6.07) is 24.3. The number of nitrogens with one attached hydrogen (secondary N) is 2. The minimum absolute atomic E-state index is 0.0294. The first-order valence-corrected chi connectivity index (χ1v) is 18.4. The van der Waals surface area contributed by atoms with Crippen LogP contribution in [0.5, 0.6) is 0 Å². The van der Waals surface area contributed by atoms with Gasteiger partial charge in [0.05, 0.1) is 40.6 Å². The van der Waals surface area contributed by atoms with Gasteiger partial charge in [-0.2, -0.15) is 23.1 Å². The normalized spacial score (nSPS) is 31.0. The van der Waals surface area contributed by atoms with Crippen molar-refractivity contribution >= 4 is 27.7 Å². The van der Waals surface area contributed by atoms with Crippen LogP contribution in [0.1, 0.15) is 80.5 Å². The van der Waals surface area contributed by atoms with Gasteiger partial charge in [-0.15, -0.1) is 0 Å². The summed E-state index contributed by atoms with van der Waals surface area (Å²) < 4.78 is 47.5. The Hall–Kier alpha value is -3.95. The molecule has 6 atom stereocenters. The highest BCUT2D eigenvalue weighted by Crippen LogP contribution is 2.57. The Bertz CT molecular complexity index is 1930. The van der Waals surface area contributed by atoms with E-state index in [1.54, 1.807) is 4.90 Å². The van der Waals surface area contributed by atoms with E-state index in [1.807, 2.05) is 78.7 Å². The fourth-order valence-electron chi connectivity index (χ4n) is 9.37. The van der Waals surface area contributed by atoms with Crippen molar-refractivity contribution in [3.63, 3.8) is 0 Å². The number of anilines is 2. The molecule has 3 heterocycles. The molecule has 10 nitrogen and oxygen atoms in total. The number of rotatable bonds is 7. The van der Waals surface area contributed by atoms with Crippen LogP contribution in [-0.4, -0.2) is 45.3 Å². The Balaban J connectivity index is 1.15. The number of hydrogen-bond donors (Lipinski definition) is 2. The number of nitrogens with zero attached hydrogens (tertiary/aromatic N) is 3. The Morgan fingerprint density at radius 1 is 0.958 bits per heavy atom. The van der Waals surface area contributed by atoms with Crippen molar-refractivity contribution < 1.29 is 22.7 Å². The fraction of sp³-hybridized carbons (Fsp3) is 0.459. The summed E-state index contributed by atoms with van der Waals surface area (Å²) in [7, 11) is -2.40. The fourth-order valence-corrected chi connectivity index (χ4v) is 11.0. The summed E-state index contributed by atoms with van der Waals surface area (Å²) >= 11 is 0. The zero-order valence-corrected chi connectivity index (χ0v) is 28.3. The third-order valence-electron chi connectivity index (χ3n) is 11.4. The number of ether oxygens (including phenoxy) is 2. The first-order valence-electron chi connectivity index (χ1n) is 16.9. The molecule has 3 aromatic rings. The van der Waals surface area contributed by atoms with Crippen molar-refractivity contribution in [3.8, 4) is 6.07 Å². The molecular weight excluding hydrogens is 627 g/mol. The van der Waals surface area contributed by atoms with E-state index in [4.69, 9.17) is 9.47 Å². The smallest absolute Gasteiger partial charge is 0.414 e. The molecular formula is C37H41N5O5S. The average molecular weight is 668 g/mol. The number of epoxide rings is 1. The number of nitriles is 1. The van der Waals surface area contributed by atoms with Gasteiger partial charge in [0.25, 0.3) is 10.2 Å².